The predicted octanol–water partition coefficient (Wildman–Crippen LogP) is 3.51. The van der Waals surface area contributed by atoms with Crippen molar-refractivity contribution < 1.29 is 9.47 Å². The van der Waals surface area contributed by atoms with Crippen molar-refractivity contribution in [1.29, 1.82) is 0 Å². The van der Waals surface area contributed by atoms with Gasteiger partial charge in [0.1, 0.15) is 17.9 Å². The lowest BCUT2D eigenvalue weighted by Crippen LogP contribution is -2.05. The van der Waals surface area contributed by atoms with Gasteiger partial charge in [-0.2, -0.15) is 5.10 Å². The van der Waals surface area contributed by atoms with E-state index in [4.69, 9.17) is 9.47 Å². The molecule has 0 aromatic carbocycles. The van der Waals surface area contributed by atoms with Crippen molar-refractivity contribution in [2.45, 2.75) is 33.6 Å². The van der Waals surface area contributed by atoms with Crippen LogP contribution in [0.25, 0.3) is 5.52 Å². The van der Waals surface area contributed by atoms with E-state index in [1.54, 1.807) is 7.11 Å². The monoisotopic (exact) mass is 264 g/mol. The molecule has 4 heteroatoms. The summed E-state index contributed by atoms with van der Waals surface area (Å²) >= 11 is 0. The Labute approximate surface area is 115 Å². The van der Waals surface area contributed by atoms with E-state index in [-0.39, 0.29) is 0 Å². The highest BCUT2D eigenvalue weighted by Gasteiger charge is 2.12. The van der Waals surface area contributed by atoms with Crippen LogP contribution in [-0.2, 0) is 4.74 Å². The van der Waals surface area contributed by atoms with E-state index in [1.165, 1.54) is 5.56 Å². The first-order valence-corrected chi connectivity index (χ1v) is 6.82. The molecule has 0 amide bonds. The molecule has 19 heavy (non-hydrogen) atoms. The van der Waals surface area contributed by atoms with Crippen LogP contribution in [0.5, 0.6) is 5.75 Å². The second-order valence-corrected chi connectivity index (χ2v) is 4.26. The second kappa shape index (κ2) is 7.79. The Morgan fingerprint density at radius 2 is 2.00 bits per heavy atom. The van der Waals surface area contributed by atoms with Gasteiger partial charge in [-0.05, 0) is 18.1 Å². The van der Waals surface area contributed by atoms with Crippen molar-refractivity contribution in [3.8, 4) is 5.75 Å². The number of nitrogens with zero attached hydrogens (tertiary/aromatic N) is 2. The highest BCUT2D eigenvalue weighted by molar-refractivity contribution is 5.65. The number of hydrogen-bond acceptors (Lipinski definition) is 3. The first-order valence-electron chi connectivity index (χ1n) is 6.82. The van der Waals surface area contributed by atoms with Crippen molar-refractivity contribution in [2.75, 3.05) is 20.3 Å². The van der Waals surface area contributed by atoms with Gasteiger partial charge in [-0.25, -0.2) is 4.52 Å². The van der Waals surface area contributed by atoms with Crippen molar-refractivity contribution in [3.05, 3.63) is 30.1 Å². The van der Waals surface area contributed by atoms with Crippen LogP contribution in [0.3, 0.4) is 0 Å². The first kappa shape index (κ1) is 15.5. The van der Waals surface area contributed by atoms with Gasteiger partial charge in [0.05, 0.1) is 12.8 Å². The van der Waals surface area contributed by atoms with Crippen molar-refractivity contribution in [3.63, 3.8) is 0 Å². The first-order chi connectivity index (χ1) is 9.24. The average Bonchev–Trinajstić information content (AvgIpc) is 2.86. The zero-order chi connectivity index (χ0) is 14.3. The molecule has 0 fully saturated rings. The Morgan fingerprint density at radius 1 is 1.26 bits per heavy atom. The van der Waals surface area contributed by atoms with Crippen molar-refractivity contribution in [1.82, 2.24) is 9.61 Å². The minimum Gasteiger partial charge on any atom is -0.489 e. The zero-order valence-electron chi connectivity index (χ0n) is 12.5. The molecule has 0 unspecified atom stereocenters. The van der Waals surface area contributed by atoms with Crippen LogP contribution in [0.2, 0.25) is 0 Å². The van der Waals surface area contributed by atoms with Crippen LogP contribution in [0.15, 0.2) is 24.5 Å². The van der Waals surface area contributed by atoms with E-state index in [0.29, 0.717) is 19.1 Å². The number of aromatic nitrogens is 2. The van der Waals surface area contributed by atoms with Gasteiger partial charge in [-0.3, -0.25) is 0 Å². The molecule has 0 aliphatic carbocycles. The molecule has 2 heterocycles. The molecule has 106 valence electrons. The summed E-state index contributed by atoms with van der Waals surface area (Å²) in [5.41, 5.74) is 2.26. The molecule has 2 aromatic rings. The number of fused-ring (bicyclic) bond motifs is 1. The van der Waals surface area contributed by atoms with E-state index in [9.17, 15) is 0 Å². The molecule has 2 rings (SSSR count). The molecule has 0 saturated heterocycles. The van der Waals surface area contributed by atoms with Gasteiger partial charge in [0.25, 0.3) is 0 Å². The average molecular weight is 264 g/mol. The number of pyridine rings is 1. The number of hydrogen-bond donors (Lipinski definition) is 0. The fourth-order valence-electron chi connectivity index (χ4n) is 1.81. The van der Waals surface area contributed by atoms with Crippen LogP contribution in [0.1, 0.15) is 39.2 Å². The van der Waals surface area contributed by atoms with E-state index < -0.39 is 0 Å². The van der Waals surface area contributed by atoms with Crippen LogP contribution in [0, 0.1) is 0 Å². The molecule has 0 aliphatic heterocycles. The Bertz CT molecular complexity index is 492. The summed E-state index contributed by atoms with van der Waals surface area (Å²) in [7, 11) is 1.67. The fourth-order valence-corrected chi connectivity index (χ4v) is 1.81. The molecule has 0 bridgehead atoms. The van der Waals surface area contributed by atoms with Gasteiger partial charge in [-0.1, -0.05) is 27.7 Å². The normalized spacial score (nSPS) is 10.4. The van der Waals surface area contributed by atoms with Crippen LogP contribution >= 0.6 is 0 Å². The maximum Gasteiger partial charge on any atom is 0.145 e. The molecular weight excluding hydrogens is 240 g/mol. The van der Waals surface area contributed by atoms with Crippen LogP contribution in [0.4, 0.5) is 0 Å². The Hall–Kier alpha value is -1.55. The summed E-state index contributed by atoms with van der Waals surface area (Å²) in [6.07, 6.45) is 3.84. The van der Waals surface area contributed by atoms with E-state index in [0.717, 1.165) is 11.3 Å². The summed E-state index contributed by atoms with van der Waals surface area (Å²) in [6.45, 7) is 9.46. The summed E-state index contributed by atoms with van der Waals surface area (Å²) in [6, 6.07) is 3.91. The van der Waals surface area contributed by atoms with Gasteiger partial charge in [0.2, 0.25) is 0 Å². The third-order valence-corrected chi connectivity index (χ3v) is 2.70. The molecule has 0 atom stereocenters. The number of ether oxygens (including phenoxy) is 2. The maximum atomic E-state index is 5.72. The molecule has 0 spiro atoms. The molecule has 2 aromatic heterocycles. The lowest BCUT2D eigenvalue weighted by Gasteiger charge is -2.09. The highest BCUT2D eigenvalue weighted by atomic mass is 16.5. The van der Waals surface area contributed by atoms with Crippen LogP contribution in [-0.4, -0.2) is 29.9 Å². The van der Waals surface area contributed by atoms with Gasteiger partial charge >= 0.3 is 0 Å². The van der Waals surface area contributed by atoms with Crippen molar-refractivity contribution >= 4 is 5.52 Å². The molecule has 0 aliphatic rings. The lowest BCUT2D eigenvalue weighted by molar-refractivity contribution is 0.147. The third-order valence-electron chi connectivity index (χ3n) is 2.70. The quantitative estimate of drug-likeness (QED) is 0.775. The Morgan fingerprint density at radius 3 is 2.63 bits per heavy atom. The van der Waals surface area contributed by atoms with Crippen LogP contribution < -0.4 is 4.74 Å². The number of rotatable bonds is 5. The summed E-state index contributed by atoms with van der Waals surface area (Å²) < 4.78 is 12.6. The maximum absolute atomic E-state index is 5.72. The topological polar surface area (TPSA) is 35.8 Å². The summed E-state index contributed by atoms with van der Waals surface area (Å²) in [5, 5.41) is 4.33. The Balaban J connectivity index is 0.000000861. The summed E-state index contributed by atoms with van der Waals surface area (Å²) in [5.74, 6) is 1.30. The van der Waals surface area contributed by atoms with Gasteiger partial charge in [0, 0.05) is 18.9 Å². The number of methoxy groups -OCH3 is 1. The van der Waals surface area contributed by atoms with Crippen molar-refractivity contribution in [2.24, 2.45) is 0 Å². The third kappa shape index (κ3) is 3.70. The Kier molecular flexibility index (Phi) is 6.36. The smallest absolute Gasteiger partial charge is 0.145 e. The van der Waals surface area contributed by atoms with E-state index >= 15 is 0 Å². The molecule has 0 N–H and O–H groups in total. The fraction of sp³-hybridized carbons (Fsp3) is 0.533. The minimum absolute atomic E-state index is 0.430. The molecular formula is C15H24N2O2. The zero-order valence-corrected chi connectivity index (χ0v) is 12.5. The standard InChI is InChI=1S/C13H18N2O2.C2H6/c1-10(2)11-9-14-15-6-4-5-12(13(11)15)17-8-7-16-3;1-2/h4-6,9-10H,7-8H2,1-3H3;1-2H3. The van der Waals surface area contributed by atoms with E-state index in [2.05, 4.69) is 18.9 Å². The van der Waals surface area contributed by atoms with Gasteiger partial charge in [0.15, 0.2) is 0 Å². The minimum atomic E-state index is 0.430. The molecule has 0 radical (unpaired) electrons. The highest BCUT2D eigenvalue weighted by Crippen LogP contribution is 2.28. The summed E-state index contributed by atoms with van der Waals surface area (Å²) in [4.78, 5) is 0. The molecule has 0 saturated carbocycles. The largest absolute Gasteiger partial charge is 0.489 e. The van der Waals surface area contributed by atoms with Gasteiger partial charge in [-0.15, -0.1) is 0 Å². The second-order valence-electron chi connectivity index (χ2n) is 4.26. The SMILES string of the molecule is CC.COCCOc1cccn2ncc(C(C)C)c12. The molecule has 4 nitrogen and oxygen atoms in total. The van der Waals surface area contributed by atoms with E-state index in [1.807, 2.05) is 42.9 Å². The van der Waals surface area contributed by atoms with Gasteiger partial charge < -0.3 is 9.47 Å². The predicted molar refractivity (Wildman–Crippen MR) is 78.0 cm³/mol. The lowest BCUT2D eigenvalue weighted by atomic mass is 10.1.